The number of aryl methyl sites for hydroxylation is 2. The van der Waals surface area contributed by atoms with Gasteiger partial charge in [0.2, 0.25) is 0 Å². The number of hydrogen-bond acceptors (Lipinski definition) is 4. The second-order valence-electron chi connectivity index (χ2n) is 6.01. The zero-order valence-electron chi connectivity index (χ0n) is 13.5. The lowest BCUT2D eigenvalue weighted by Gasteiger charge is -2.35. The lowest BCUT2D eigenvalue weighted by Crippen LogP contribution is -2.39. The monoisotopic (exact) mass is 345 g/mol. The SMILES string of the molecule is CCC1c2ccsc2CCN1C(=O)c1cc2c(C)nn(C)c2s1. The summed E-state index contributed by atoms with van der Waals surface area (Å²) in [6.07, 6.45) is 1.93. The molecule has 4 heterocycles. The van der Waals surface area contributed by atoms with Crippen molar-refractivity contribution in [3.05, 3.63) is 38.5 Å². The molecule has 6 heteroatoms. The second kappa shape index (κ2) is 5.46. The van der Waals surface area contributed by atoms with Gasteiger partial charge in [-0.15, -0.1) is 22.7 Å². The highest BCUT2D eigenvalue weighted by molar-refractivity contribution is 7.20. The van der Waals surface area contributed by atoms with Gasteiger partial charge < -0.3 is 4.90 Å². The molecule has 0 aromatic carbocycles. The van der Waals surface area contributed by atoms with E-state index in [-0.39, 0.29) is 11.9 Å². The lowest BCUT2D eigenvalue weighted by atomic mass is 9.97. The summed E-state index contributed by atoms with van der Waals surface area (Å²) in [5, 5.41) is 7.67. The van der Waals surface area contributed by atoms with Crippen molar-refractivity contribution in [2.75, 3.05) is 6.54 Å². The van der Waals surface area contributed by atoms with Gasteiger partial charge in [-0.2, -0.15) is 5.10 Å². The van der Waals surface area contributed by atoms with E-state index in [1.54, 1.807) is 11.3 Å². The van der Waals surface area contributed by atoms with Crippen LogP contribution in [0.15, 0.2) is 17.5 Å². The van der Waals surface area contributed by atoms with E-state index in [9.17, 15) is 4.79 Å². The van der Waals surface area contributed by atoms with Crippen molar-refractivity contribution in [1.82, 2.24) is 14.7 Å². The van der Waals surface area contributed by atoms with Crippen LogP contribution in [0.5, 0.6) is 0 Å². The van der Waals surface area contributed by atoms with Gasteiger partial charge in [0.05, 0.1) is 16.6 Å². The third-order valence-corrected chi connectivity index (χ3v) is 6.84. The summed E-state index contributed by atoms with van der Waals surface area (Å²) in [6, 6.07) is 4.41. The van der Waals surface area contributed by atoms with E-state index in [1.165, 1.54) is 10.4 Å². The van der Waals surface area contributed by atoms with E-state index >= 15 is 0 Å². The predicted molar refractivity (Wildman–Crippen MR) is 95.4 cm³/mol. The van der Waals surface area contributed by atoms with E-state index in [2.05, 4.69) is 28.4 Å². The van der Waals surface area contributed by atoms with E-state index in [0.29, 0.717) is 0 Å². The highest BCUT2D eigenvalue weighted by Crippen LogP contribution is 2.37. The number of nitrogens with zero attached hydrogens (tertiary/aromatic N) is 3. The molecule has 23 heavy (non-hydrogen) atoms. The van der Waals surface area contributed by atoms with Gasteiger partial charge in [0, 0.05) is 23.9 Å². The maximum absolute atomic E-state index is 13.1. The largest absolute Gasteiger partial charge is 0.331 e. The highest BCUT2D eigenvalue weighted by Gasteiger charge is 2.31. The van der Waals surface area contributed by atoms with E-state index < -0.39 is 0 Å². The summed E-state index contributed by atoms with van der Waals surface area (Å²) in [7, 11) is 1.94. The Morgan fingerprint density at radius 2 is 2.30 bits per heavy atom. The van der Waals surface area contributed by atoms with Gasteiger partial charge in [-0.1, -0.05) is 6.92 Å². The molecule has 1 aliphatic rings. The minimum Gasteiger partial charge on any atom is -0.331 e. The summed E-state index contributed by atoms with van der Waals surface area (Å²) >= 11 is 3.37. The number of hydrogen-bond donors (Lipinski definition) is 0. The van der Waals surface area contributed by atoms with Gasteiger partial charge in [0.25, 0.3) is 5.91 Å². The first-order valence-electron chi connectivity index (χ1n) is 7.90. The summed E-state index contributed by atoms with van der Waals surface area (Å²) in [5.41, 5.74) is 2.33. The molecule has 3 aromatic heterocycles. The van der Waals surface area contributed by atoms with Gasteiger partial charge in [-0.3, -0.25) is 9.48 Å². The first kappa shape index (κ1) is 14.9. The van der Waals surface area contributed by atoms with E-state index in [0.717, 1.165) is 40.2 Å². The Balaban J connectivity index is 1.71. The fourth-order valence-electron chi connectivity index (χ4n) is 3.53. The average molecular weight is 345 g/mol. The Morgan fingerprint density at radius 1 is 1.48 bits per heavy atom. The van der Waals surface area contributed by atoms with Crippen LogP contribution in [0.4, 0.5) is 0 Å². The third kappa shape index (κ3) is 2.23. The molecule has 0 saturated heterocycles. The molecule has 0 radical (unpaired) electrons. The number of carbonyl (C=O) groups is 1. The van der Waals surface area contributed by atoms with E-state index in [4.69, 9.17) is 0 Å². The number of carbonyl (C=O) groups excluding carboxylic acids is 1. The minimum atomic E-state index is 0.161. The fraction of sp³-hybridized carbons (Fsp3) is 0.412. The number of thiophene rings is 2. The number of amides is 1. The van der Waals surface area contributed by atoms with Crippen molar-refractivity contribution in [2.45, 2.75) is 32.7 Å². The molecule has 4 nitrogen and oxygen atoms in total. The van der Waals surface area contributed by atoms with E-state index in [1.807, 2.05) is 36.1 Å². The normalized spacial score (nSPS) is 17.7. The highest BCUT2D eigenvalue weighted by atomic mass is 32.1. The van der Waals surface area contributed by atoms with Crippen LogP contribution in [0, 0.1) is 6.92 Å². The quantitative estimate of drug-likeness (QED) is 0.700. The molecule has 3 aromatic rings. The Kier molecular flexibility index (Phi) is 3.54. The first-order valence-corrected chi connectivity index (χ1v) is 9.60. The van der Waals surface area contributed by atoms with Crippen LogP contribution in [0.3, 0.4) is 0 Å². The van der Waals surface area contributed by atoms with Gasteiger partial charge in [0.1, 0.15) is 4.83 Å². The second-order valence-corrected chi connectivity index (χ2v) is 8.04. The molecule has 1 atom stereocenters. The molecule has 1 aliphatic heterocycles. The van der Waals surface area contributed by atoms with Gasteiger partial charge in [0.15, 0.2) is 0 Å². The maximum Gasteiger partial charge on any atom is 0.264 e. The minimum absolute atomic E-state index is 0.161. The molecule has 1 unspecified atom stereocenters. The maximum atomic E-state index is 13.1. The molecule has 0 spiro atoms. The van der Waals surface area contributed by atoms with Crippen LogP contribution in [0.25, 0.3) is 10.2 Å². The molecule has 0 fully saturated rings. The number of fused-ring (bicyclic) bond motifs is 2. The summed E-state index contributed by atoms with van der Waals surface area (Å²) in [6.45, 7) is 4.98. The first-order chi connectivity index (χ1) is 11.1. The van der Waals surface area contributed by atoms with Gasteiger partial charge >= 0.3 is 0 Å². The molecule has 0 bridgehead atoms. The fourth-order valence-corrected chi connectivity index (χ4v) is 5.54. The summed E-state index contributed by atoms with van der Waals surface area (Å²) in [5.74, 6) is 0.161. The van der Waals surface area contributed by atoms with Crippen molar-refractivity contribution in [1.29, 1.82) is 0 Å². The zero-order valence-corrected chi connectivity index (χ0v) is 15.1. The predicted octanol–water partition coefficient (Wildman–Crippen LogP) is 4.15. The lowest BCUT2D eigenvalue weighted by molar-refractivity contribution is 0.0662. The Hall–Kier alpha value is -1.66. The van der Waals surface area contributed by atoms with Crippen molar-refractivity contribution < 1.29 is 4.79 Å². The van der Waals surface area contributed by atoms with Gasteiger partial charge in [-0.05, 0) is 42.8 Å². The third-order valence-electron chi connectivity index (χ3n) is 4.65. The number of aromatic nitrogens is 2. The molecule has 1 amide bonds. The molecule has 4 rings (SSSR count). The zero-order chi connectivity index (χ0) is 16.1. The van der Waals surface area contributed by atoms with Crippen molar-refractivity contribution in [2.24, 2.45) is 7.05 Å². The summed E-state index contributed by atoms with van der Waals surface area (Å²) < 4.78 is 1.87. The average Bonchev–Trinajstić information content (AvgIpc) is 3.23. The van der Waals surface area contributed by atoms with Crippen LogP contribution in [-0.2, 0) is 13.5 Å². The molecular formula is C17H19N3OS2. The molecule has 120 valence electrons. The topological polar surface area (TPSA) is 38.1 Å². The molecule has 0 saturated carbocycles. The standard InChI is InChI=1S/C17H19N3OS2/c1-4-13-11-6-8-22-14(11)5-7-20(13)16(21)15-9-12-10(2)18-19(3)17(12)23-15/h6,8-9,13H,4-5,7H2,1-3H3. The Labute approximate surface area is 143 Å². The Bertz CT molecular complexity index is 855. The molecule has 0 N–H and O–H groups in total. The summed E-state index contributed by atoms with van der Waals surface area (Å²) in [4.78, 5) is 18.5. The van der Waals surface area contributed by atoms with Crippen molar-refractivity contribution in [3.8, 4) is 0 Å². The van der Waals surface area contributed by atoms with Crippen LogP contribution in [-0.4, -0.2) is 27.1 Å². The van der Waals surface area contributed by atoms with Crippen LogP contribution in [0.2, 0.25) is 0 Å². The van der Waals surface area contributed by atoms with Crippen molar-refractivity contribution in [3.63, 3.8) is 0 Å². The Morgan fingerprint density at radius 3 is 3.04 bits per heavy atom. The van der Waals surface area contributed by atoms with Crippen LogP contribution >= 0.6 is 22.7 Å². The molecular weight excluding hydrogens is 326 g/mol. The van der Waals surface area contributed by atoms with Crippen molar-refractivity contribution >= 4 is 38.8 Å². The number of rotatable bonds is 2. The van der Waals surface area contributed by atoms with Gasteiger partial charge in [-0.25, -0.2) is 0 Å². The smallest absolute Gasteiger partial charge is 0.264 e. The molecule has 0 aliphatic carbocycles. The van der Waals surface area contributed by atoms with Crippen LogP contribution in [0.1, 0.15) is 45.2 Å². The van der Waals surface area contributed by atoms with Crippen LogP contribution < -0.4 is 0 Å².